The molecule has 2 N–H and O–H groups in total. The Labute approximate surface area is 207 Å². The van der Waals surface area contributed by atoms with Gasteiger partial charge < -0.3 is 15.5 Å². The Kier molecular flexibility index (Phi) is 5.75. The van der Waals surface area contributed by atoms with E-state index in [1.165, 1.54) is 12.1 Å². The average molecular weight is 487 g/mol. The van der Waals surface area contributed by atoms with E-state index in [9.17, 15) is 14.0 Å². The summed E-state index contributed by atoms with van der Waals surface area (Å²) in [5.74, 6) is 0.403. The maximum Gasteiger partial charge on any atom is 0.251 e. The molecule has 2 aromatic carbocycles. The summed E-state index contributed by atoms with van der Waals surface area (Å²) in [6, 6.07) is 12.2. The predicted molar refractivity (Wildman–Crippen MR) is 135 cm³/mol. The number of carbonyl (C=O) groups excluding carboxylic acids is 2. The summed E-state index contributed by atoms with van der Waals surface area (Å²) < 4.78 is 16.1. The Balaban J connectivity index is 1.30. The number of likely N-dealkylation sites (tertiary alicyclic amines) is 1. The Morgan fingerprint density at radius 2 is 1.97 bits per heavy atom. The van der Waals surface area contributed by atoms with Gasteiger partial charge in [-0.25, -0.2) is 14.4 Å². The van der Waals surface area contributed by atoms with Gasteiger partial charge >= 0.3 is 0 Å². The van der Waals surface area contributed by atoms with Gasteiger partial charge in [-0.1, -0.05) is 12.1 Å². The third kappa shape index (κ3) is 4.36. The smallest absolute Gasteiger partial charge is 0.251 e. The van der Waals surface area contributed by atoms with E-state index >= 15 is 0 Å². The number of imidazole rings is 1. The molecule has 0 spiro atoms. The van der Waals surface area contributed by atoms with E-state index in [1.54, 1.807) is 24.4 Å². The number of nitrogens with zero attached hydrogens (tertiary/aromatic N) is 4. The minimum Gasteiger partial charge on any atom is -0.367 e. The minimum absolute atomic E-state index is 0.0685. The normalized spacial score (nSPS) is 15.7. The van der Waals surface area contributed by atoms with Crippen LogP contribution >= 0.6 is 0 Å². The molecule has 0 unspecified atom stereocenters. The fourth-order valence-electron chi connectivity index (χ4n) is 4.73. The van der Waals surface area contributed by atoms with E-state index < -0.39 is 0 Å². The highest BCUT2D eigenvalue weighted by atomic mass is 19.1. The van der Waals surface area contributed by atoms with Crippen LogP contribution < -0.4 is 10.6 Å². The summed E-state index contributed by atoms with van der Waals surface area (Å²) in [5, 5.41) is 6.37. The third-order valence-electron chi connectivity index (χ3n) is 6.81. The van der Waals surface area contributed by atoms with Gasteiger partial charge in [-0.05, 0) is 49.9 Å². The standard InChI is InChI=1S/C27H27FN6O2/c28-19-8-11-21-22(15-19)34-23(17-4-6-18(7-5-17)27(36)31-20-9-10-20)16-30-26(34)25(32-21)29-12-2-14-33-13-1-3-24(33)35/h4-8,11,15-16,20H,1-3,9-10,12-14H2,(H,29,32)(H,31,36). The van der Waals surface area contributed by atoms with E-state index in [2.05, 4.69) is 15.6 Å². The fourth-order valence-corrected chi connectivity index (χ4v) is 4.73. The van der Waals surface area contributed by atoms with Crippen molar-refractivity contribution in [3.8, 4) is 11.3 Å². The van der Waals surface area contributed by atoms with Gasteiger partial charge in [0.25, 0.3) is 5.91 Å². The fraction of sp³-hybridized carbons (Fsp3) is 0.333. The van der Waals surface area contributed by atoms with Gasteiger partial charge in [0.15, 0.2) is 11.5 Å². The van der Waals surface area contributed by atoms with Crippen LogP contribution in [0.1, 0.15) is 42.5 Å². The Bertz CT molecular complexity index is 1460. The van der Waals surface area contributed by atoms with Gasteiger partial charge in [0.1, 0.15) is 5.82 Å². The molecule has 1 aliphatic carbocycles. The highest BCUT2D eigenvalue weighted by Gasteiger charge is 2.24. The largest absolute Gasteiger partial charge is 0.367 e. The first-order valence-electron chi connectivity index (χ1n) is 12.5. The number of fused-ring (bicyclic) bond motifs is 3. The van der Waals surface area contributed by atoms with Crippen molar-refractivity contribution in [2.24, 2.45) is 0 Å². The summed E-state index contributed by atoms with van der Waals surface area (Å²) in [7, 11) is 0. The second-order valence-electron chi connectivity index (χ2n) is 9.49. The first-order valence-corrected chi connectivity index (χ1v) is 12.5. The minimum atomic E-state index is -0.353. The Morgan fingerprint density at radius 1 is 1.14 bits per heavy atom. The van der Waals surface area contributed by atoms with Crippen molar-refractivity contribution >= 4 is 34.3 Å². The molecule has 8 nitrogen and oxygen atoms in total. The van der Waals surface area contributed by atoms with Crippen LogP contribution in [-0.4, -0.2) is 56.8 Å². The molecular weight excluding hydrogens is 459 g/mol. The van der Waals surface area contributed by atoms with Gasteiger partial charge in [0.05, 0.1) is 22.9 Å². The summed E-state index contributed by atoms with van der Waals surface area (Å²) in [6.07, 6.45) is 6.18. The number of carbonyl (C=O) groups is 2. The number of benzene rings is 2. The first-order chi connectivity index (χ1) is 17.6. The van der Waals surface area contributed by atoms with E-state index in [0.29, 0.717) is 53.6 Å². The lowest BCUT2D eigenvalue weighted by atomic mass is 10.1. The van der Waals surface area contributed by atoms with Gasteiger partial charge in [-0.3, -0.25) is 14.0 Å². The van der Waals surface area contributed by atoms with E-state index in [1.807, 2.05) is 21.4 Å². The molecule has 0 bridgehead atoms. The molecule has 36 heavy (non-hydrogen) atoms. The highest BCUT2D eigenvalue weighted by molar-refractivity contribution is 5.95. The quantitative estimate of drug-likeness (QED) is 0.367. The second kappa shape index (κ2) is 9.22. The molecule has 2 aromatic heterocycles. The number of nitrogens with one attached hydrogen (secondary N) is 2. The molecule has 2 aliphatic rings. The van der Waals surface area contributed by atoms with Crippen molar-refractivity contribution in [1.82, 2.24) is 24.6 Å². The SMILES string of the molecule is O=C(NC1CC1)c1ccc(-c2cnc3c(NCCCN4CCCC4=O)nc4ccc(F)cc4n23)cc1. The van der Waals surface area contributed by atoms with Crippen molar-refractivity contribution < 1.29 is 14.0 Å². The van der Waals surface area contributed by atoms with Crippen molar-refractivity contribution in [1.29, 1.82) is 0 Å². The molecule has 6 rings (SSSR count). The Morgan fingerprint density at radius 3 is 2.72 bits per heavy atom. The molecule has 2 fully saturated rings. The number of halogens is 1. The monoisotopic (exact) mass is 486 g/mol. The summed E-state index contributed by atoms with van der Waals surface area (Å²) in [6.45, 7) is 2.17. The molecule has 1 saturated heterocycles. The zero-order valence-corrected chi connectivity index (χ0v) is 19.8. The molecule has 0 atom stereocenters. The summed E-state index contributed by atoms with van der Waals surface area (Å²) in [4.78, 5) is 35.5. The number of rotatable bonds is 8. The molecule has 184 valence electrons. The topological polar surface area (TPSA) is 91.6 Å². The molecule has 3 heterocycles. The number of hydrogen-bond acceptors (Lipinski definition) is 5. The molecule has 1 saturated carbocycles. The van der Waals surface area contributed by atoms with Gasteiger partial charge in [0, 0.05) is 49.3 Å². The lowest BCUT2D eigenvalue weighted by Crippen LogP contribution is -2.27. The Hall–Kier alpha value is -4.01. The van der Waals surface area contributed by atoms with E-state index in [-0.39, 0.29) is 17.6 Å². The van der Waals surface area contributed by atoms with Crippen LogP contribution in [-0.2, 0) is 4.79 Å². The van der Waals surface area contributed by atoms with Crippen LogP contribution in [0, 0.1) is 5.82 Å². The number of amides is 2. The van der Waals surface area contributed by atoms with Crippen LogP contribution in [0.5, 0.6) is 0 Å². The molecule has 0 radical (unpaired) electrons. The highest BCUT2D eigenvalue weighted by Crippen LogP contribution is 2.29. The van der Waals surface area contributed by atoms with E-state index in [4.69, 9.17) is 4.98 Å². The van der Waals surface area contributed by atoms with Crippen molar-refractivity contribution in [2.75, 3.05) is 25.0 Å². The maximum absolute atomic E-state index is 14.2. The average Bonchev–Trinajstić information content (AvgIpc) is 3.42. The van der Waals surface area contributed by atoms with Crippen LogP contribution in [0.3, 0.4) is 0 Å². The van der Waals surface area contributed by atoms with E-state index in [0.717, 1.165) is 43.5 Å². The van der Waals surface area contributed by atoms with Gasteiger partial charge in [-0.2, -0.15) is 0 Å². The molecule has 2 amide bonds. The van der Waals surface area contributed by atoms with Crippen LogP contribution in [0.15, 0.2) is 48.7 Å². The molecule has 1 aliphatic heterocycles. The number of hydrogen-bond donors (Lipinski definition) is 2. The molecule has 9 heteroatoms. The molecular formula is C27H27FN6O2. The summed E-state index contributed by atoms with van der Waals surface area (Å²) >= 11 is 0. The second-order valence-corrected chi connectivity index (χ2v) is 9.49. The predicted octanol–water partition coefficient (Wildman–Crippen LogP) is 4.01. The third-order valence-corrected chi connectivity index (χ3v) is 6.81. The van der Waals surface area contributed by atoms with Gasteiger partial charge in [-0.15, -0.1) is 0 Å². The van der Waals surface area contributed by atoms with Crippen LogP contribution in [0.4, 0.5) is 10.2 Å². The lowest BCUT2D eigenvalue weighted by Gasteiger charge is -2.16. The van der Waals surface area contributed by atoms with Crippen molar-refractivity contribution in [3.63, 3.8) is 0 Å². The zero-order valence-electron chi connectivity index (χ0n) is 19.8. The van der Waals surface area contributed by atoms with Crippen molar-refractivity contribution in [3.05, 3.63) is 60.0 Å². The lowest BCUT2D eigenvalue weighted by molar-refractivity contribution is -0.127. The molecule has 4 aromatic rings. The van der Waals surface area contributed by atoms with Crippen LogP contribution in [0.2, 0.25) is 0 Å². The van der Waals surface area contributed by atoms with Crippen LogP contribution in [0.25, 0.3) is 27.9 Å². The first kappa shape index (κ1) is 22.5. The van der Waals surface area contributed by atoms with Gasteiger partial charge in [0.2, 0.25) is 5.91 Å². The number of aromatic nitrogens is 3. The maximum atomic E-state index is 14.2. The summed E-state index contributed by atoms with van der Waals surface area (Å²) in [5.41, 5.74) is 4.09. The zero-order chi connectivity index (χ0) is 24.6. The van der Waals surface area contributed by atoms with Crippen molar-refractivity contribution in [2.45, 2.75) is 38.1 Å². The number of anilines is 1.